The van der Waals surface area contributed by atoms with E-state index >= 15 is 0 Å². The zero-order valence-corrected chi connectivity index (χ0v) is 9.79. The molecule has 0 saturated heterocycles. The van der Waals surface area contributed by atoms with Crippen molar-refractivity contribution in [2.24, 2.45) is 5.73 Å². The minimum atomic E-state index is -0.873. The molecular formula is C12H14ClNO2. The molecule has 0 aliphatic heterocycles. The first-order valence-electron chi connectivity index (χ1n) is 5.22. The van der Waals surface area contributed by atoms with Crippen molar-refractivity contribution in [3.05, 3.63) is 34.3 Å². The minimum Gasteiger partial charge on any atom is -0.481 e. The lowest BCUT2D eigenvalue weighted by atomic mass is 9.61. The maximum absolute atomic E-state index is 11.4. The van der Waals surface area contributed by atoms with Crippen molar-refractivity contribution in [1.82, 2.24) is 0 Å². The monoisotopic (exact) mass is 239 g/mol. The number of aliphatic carboxylic acids is 1. The van der Waals surface area contributed by atoms with Crippen LogP contribution in [0.1, 0.15) is 24.0 Å². The van der Waals surface area contributed by atoms with Crippen LogP contribution in [0.15, 0.2) is 18.2 Å². The second kappa shape index (κ2) is 3.75. The van der Waals surface area contributed by atoms with E-state index in [1.54, 1.807) is 6.07 Å². The molecule has 0 heterocycles. The van der Waals surface area contributed by atoms with E-state index in [9.17, 15) is 9.90 Å². The van der Waals surface area contributed by atoms with Gasteiger partial charge < -0.3 is 10.8 Å². The molecule has 0 atom stereocenters. The van der Waals surface area contributed by atoms with Crippen LogP contribution in [0.4, 0.5) is 0 Å². The number of rotatable bonds is 2. The molecule has 0 aromatic heterocycles. The standard InChI is InChI=1S/C12H14ClNO2/c1-7-3-2-4-9(13)10(7)12(11(15)16)5-8(14)6-12/h2-4,8H,5-6,14H2,1H3,(H,15,16). The summed E-state index contributed by atoms with van der Waals surface area (Å²) in [6.45, 7) is 1.88. The van der Waals surface area contributed by atoms with Crippen molar-refractivity contribution in [3.8, 4) is 0 Å². The van der Waals surface area contributed by atoms with Crippen LogP contribution < -0.4 is 5.73 Å². The van der Waals surface area contributed by atoms with Crippen LogP contribution in [-0.2, 0) is 10.2 Å². The largest absolute Gasteiger partial charge is 0.481 e. The number of carbonyl (C=O) groups is 1. The van der Waals surface area contributed by atoms with Crippen molar-refractivity contribution in [2.45, 2.75) is 31.2 Å². The molecule has 0 amide bonds. The molecule has 1 fully saturated rings. The fraction of sp³-hybridized carbons (Fsp3) is 0.417. The zero-order valence-electron chi connectivity index (χ0n) is 9.03. The summed E-state index contributed by atoms with van der Waals surface area (Å²) in [6.07, 6.45) is 0.930. The van der Waals surface area contributed by atoms with Gasteiger partial charge in [-0.25, -0.2) is 0 Å². The fourth-order valence-electron chi connectivity index (χ4n) is 2.56. The van der Waals surface area contributed by atoms with E-state index in [0.29, 0.717) is 17.9 Å². The number of carboxylic acid groups (broad SMARTS) is 1. The van der Waals surface area contributed by atoms with Crippen LogP contribution in [0, 0.1) is 6.92 Å². The number of benzene rings is 1. The molecular weight excluding hydrogens is 226 g/mol. The summed E-state index contributed by atoms with van der Waals surface area (Å²) < 4.78 is 0. The third-order valence-electron chi connectivity index (χ3n) is 3.33. The molecule has 16 heavy (non-hydrogen) atoms. The molecule has 0 radical (unpaired) electrons. The third kappa shape index (κ3) is 1.51. The highest BCUT2D eigenvalue weighted by Gasteiger charge is 2.52. The number of aryl methyl sites for hydroxylation is 1. The van der Waals surface area contributed by atoms with E-state index in [1.807, 2.05) is 19.1 Å². The Hall–Kier alpha value is -1.06. The van der Waals surface area contributed by atoms with Crippen LogP contribution in [0.3, 0.4) is 0 Å². The van der Waals surface area contributed by atoms with Crippen molar-refractivity contribution in [2.75, 3.05) is 0 Å². The van der Waals surface area contributed by atoms with Crippen molar-refractivity contribution < 1.29 is 9.90 Å². The first kappa shape index (κ1) is 11.4. The van der Waals surface area contributed by atoms with E-state index in [-0.39, 0.29) is 6.04 Å². The van der Waals surface area contributed by atoms with E-state index < -0.39 is 11.4 Å². The third-order valence-corrected chi connectivity index (χ3v) is 3.65. The molecule has 1 aromatic carbocycles. The fourth-order valence-corrected chi connectivity index (χ4v) is 2.96. The van der Waals surface area contributed by atoms with Gasteiger partial charge in [0.05, 0.1) is 5.41 Å². The van der Waals surface area contributed by atoms with Crippen LogP contribution in [0.25, 0.3) is 0 Å². The first-order valence-corrected chi connectivity index (χ1v) is 5.60. The smallest absolute Gasteiger partial charge is 0.314 e. The van der Waals surface area contributed by atoms with Gasteiger partial charge in [-0.3, -0.25) is 4.79 Å². The zero-order chi connectivity index (χ0) is 11.9. The summed E-state index contributed by atoms with van der Waals surface area (Å²) in [7, 11) is 0. The Bertz CT molecular complexity index is 418. The van der Waals surface area contributed by atoms with Gasteiger partial charge in [0.1, 0.15) is 0 Å². The van der Waals surface area contributed by atoms with Gasteiger partial charge in [-0.15, -0.1) is 0 Å². The molecule has 4 heteroatoms. The predicted molar refractivity (Wildman–Crippen MR) is 62.7 cm³/mol. The summed E-state index contributed by atoms with van der Waals surface area (Å²) in [5.41, 5.74) is 6.50. The van der Waals surface area contributed by atoms with E-state index in [1.165, 1.54) is 0 Å². The van der Waals surface area contributed by atoms with E-state index in [4.69, 9.17) is 17.3 Å². The van der Waals surface area contributed by atoms with Crippen molar-refractivity contribution in [1.29, 1.82) is 0 Å². The Morgan fingerprint density at radius 3 is 2.62 bits per heavy atom. The Morgan fingerprint density at radius 1 is 1.56 bits per heavy atom. The van der Waals surface area contributed by atoms with Gasteiger partial charge in [0.25, 0.3) is 0 Å². The number of carboxylic acids is 1. The summed E-state index contributed by atoms with van der Waals surface area (Å²) in [4.78, 5) is 11.4. The highest BCUT2D eigenvalue weighted by molar-refractivity contribution is 6.32. The van der Waals surface area contributed by atoms with Gasteiger partial charge in [-0.05, 0) is 37.0 Å². The normalized spacial score (nSPS) is 28.6. The average Bonchev–Trinajstić information content (AvgIpc) is 2.13. The van der Waals surface area contributed by atoms with E-state index in [2.05, 4.69) is 0 Å². The second-order valence-electron chi connectivity index (χ2n) is 4.49. The molecule has 3 N–H and O–H groups in total. The molecule has 0 bridgehead atoms. The van der Waals surface area contributed by atoms with Crippen LogP contribution >= 0.6 is 11.6 Å². The molecule has 1 saturated carbocycles. The van der Waals surface area contributed by atoms with Crippen molar-refractivity contribution >= 4 is 17.6 Å². The molecule has 0 spiro atoms. The Morgan fingerprint density at radius 2 is 2.19 bits per heavy atom. The summed E-state index contributed by atoms with van der Waals surface area (Å²) in [6, 6.07) is 5.41. The number of halogens is 1. The van der Waals surface area contributed by atoms with Crippen LogP contribution in [-0.4, -0.2) is 17.1 Å². The second-order valence-corrected chi connectivity index (χ2v) is 4.89. The minimum absolute atomic E-state index is 0.0354. The molecule has 0 unspecified atom stereocenters. The van der Waals surface area contributed by atoms with Gasteiger partial charge in [-0.2, -0.15) is 0 Å². The lowest BCUT2D eigenvalue weighted by molar-refractivity contribution is -0.148. The maximum Gasteiger partial charge on any atom is 0.314 e. The highest BCUT2D eigenvalue weighted by Crippen LogP contribution is 2.47. The van der Waals surface area contributed by atoms with Crippen molar-refractivity contribution in [3.63, 3.8) is 0 Å². The lowest BCUT2D eigenvalue weighted by Gasteiger charge is -2.44. The molecule has 86 valence electrons. The Labute approximate surface area is 99.2 Å². The Balaban J connectivity index is 2.53. The van der Waals surface area contributed by atoms with Gasteiger partial charge in [0.15, 0.2) is 0 Å². The van der Waals surface area contributed by atoms with Gasteiger partial charge in [0, 0.05) is 11.1 Å². The SMILES string of the molecule is Cc1cccc(Cl)c1C1(C(=O)O)CC(N)C1. The van der Waals surface area contributed by atoms with Gasteiger partial charge in [-0.1, -0.05) is 23.7 Å². The molecule has 1 aromatic rings. The predicted octanol–water partition coefficient (Wildman–Crippen LogP) is 2.09. The topological polar surface area (TPSA) is 63.3 Å². The van der Waals surface area contributed by atoms with Crippen LogP contribution in [0.2, 0.25) is 5.02 Å². The van der Waals surface area contributed by atoms with Gasteiger partial charge >= 0.3 is 5.97 Å². The Kier molecular flexibility index (Phi) is 2.68. The molecule has 1 aliphatic carbocycles. The molecule has 1 aliphatic rings. The maximum atomic E-state index is 11.4. The number of hydrogen-bond acceptors (Lipinski definition) is 2. The summed E-state index contributed by atoms with van der Waals surface area (Å²) in [5.74, 6) is -0.828. The quantitative estimate of drug-likeness (QED) is 0.831. The lowest BCUT2D eigenvalue weighted by Crippen LogP contribution is -2.54. The molecule has 2 rings (SSSR count). The summed E-state index contributed by atoms with van der Waals surface area (Å²) in [5, 5.41) is 9.91. The number of hydrogen-bond donors (Lipinski definition) is 2. The van der Waals surface area contributed by atoms with Crippen LogP contribution in [0.5, 0.6) is 0 Å². The average molecular weight is 240 g/mol. The first-order chi connectivity index (χ1) is 7.47. The van der Waals surface area contributed by atoms with Gasteiger partial charge in [0.2, 0.25) is 0 Å². The summed E-state index contributed by atoms with van der Waals surface area (Å²) >= 11 is 6.11. The highest BCUT2D eigenvalue weighted by atomic mass is 35.5. The van der Waals surface area contributed by atoms with E-state index in [0.717, 1.165) is 11.1 Å². The molecule has 3 nitrogen and oxygen atoms in total. The number of nitrogens with two attached hydrogens (primary N) is 1.